The van der Waals surface area contributed by atoms with Crippen molar-refractivity contribution in [1.29, 1.82) is 0 Å². The third-order valence-electron chi connectivity index (χ3n) is 7.27. The highest BCUT2D eigenvalue weighted by Gasteiger charge is 2.52. The van der Waals surface area contributed by atoms with E-state index >= 15 is 0 Å². The highest BCUT2D eigenvalue weighted by molar-refractivity contribution is 5.49. The molecule has 1 aromatic heterocycles. The standard InChI is InChI=1S/C21H26N4O2/c1-21-8-7-14-15(4-3-13-9-18(26)19(27-2)10-16(13)14)17(21)5-6-20(21)24-25-11-22-23-12-25/h6,9-12,14-15,17,24,26H,3-5,7-8H2,1-2H3/t14?,15?,17?,21-/m0/s1. The van der Waals surface area contributed by atoms with Crippen LogP contribution in [0.25, 0.3) is 0 Å². The molecule has 0 aliphatic heterocycles. The van der Waals surface area contributed by atoms with Crippen molar-refractivity contribution in [2.24, 2.45) is 17.3 Å². The van der Waals surface area contributed by atoms with Crippen LogP contribution in [0.1, 0.15) is 49.7 Å². The molecule has 0 saturated heterocycles. The first-order valence-corrected chi connectivity index (χ1v) is 9.82. The minimum Gasteiger partial charge on any atom is -0.504 e. The molecule has 6 nitrogen and oxygen atoms in total. The number of methoxy groups -OCH3 is 1. The van der Waals surface area contributed by atoms with E-state index in [-0.39, 0.29) is 11.2 Å². The average Bonchev–Trinajstić information content (AvgIpc) is 3.29. The van der Waals surface area contributed by atoms with Crippen molar-refractivity contribution in [3.63, 3.8) is 0 Å². The summed E-state index contributed by atoms with van der Waals surface area (Å²) in [5.41, 5.74) is 7.67. The Labute approximate surface area is 159 Å². The fourth-order valence-corrected chi connectivity index (χ4v) is 5.89. The van der Waals surface area contributed by atoms with E-state index in [9.17, 15) is 5.11 Å². The third kappa shape index (κ3) is 2.46. The van der Waals surface area contributed by atoms with Gasteiger partial charge in [-0.3, -0.25) is 5.43 Å². The van der Waals surface area contributed by atoms with E-state index in [0.29, 0.717) is 23.5 Å². The Morgan fingerprint density at radius 2 is 2.07 bits per heavy atom. The number of benzene rings is 1. The van der Waals surface area contributed by atoms with E-state index in [2.05, 4.69) is 34.7 Å². The highest BCUT2D eigenvalue weighted by Crippen LogP contribution is 2.61. The Morgan fingerprint density at radius 1 is 1.26 bits per heavy atom. The number of allylic oxidation sites excluding steroid dienone is 2. The maximum atomic E-state index is 10.2. The zero-order valence-corrected chi connectivity index (χ0v) is 15.9. The van der Waals surface area contributed by atoms with Crippen LogP contribution in [0.5, 0.6) is 11.5 Å². The molecule has 1 fully saturated rings. The molecule has 0 spiro atoms. The second-order valence-corrected chi connectivity index (χ2v) is 8.43. The number of nitrogens with zero attached hydrogens (tertiary/aromatic N) is 3. The number of hydrogen-bond acceptors (Lipinski definition) is 5. The van der Waals surface area contributed by atoms with Crippen molar-refractivity contribution in [3.8, 4) is 11.5 Å². The minimum absolute atomic E-state index is 0.171. The average molecular weight is 366 g/mol. The van der Waals surface area contributed by atoms with E-state index in [1.165, 1.54) is 29.7 Å². The van der Waals surface area contributed by atoms with Gasteiger partial charge in [0.05, 0.1) is 7.11 Å². The van der Waals surface area contributed by atoms with Gasteiger partial charge in [0.25, 0.3) is 0 Å². The van der Waals surface area contributed by atoms with E-state index in [4.69, 9.17) is 4.74 Å². The molecular formula is C21H26N4O2. The molecule has 142 valence electrons. The number of nitrogens with one attached hydrogen (secondary N) is 1. The Morgan fingerprint density at radius 3 is 2.85 bits per heavy atom. The van der Waals surface area contributed by atoms with Gasteiger partial charge in [-0.25, -0.2) is 4.68 Å². The van der Waals surface area contributed by atoms with Crippen molar-refractivity contribution < 1.29 is 9.84 Å². The van der Waals surface area contributed by atoms with Crippen LogP contribution in [0.2, 0.25) is 0 Å². The quantitative estimate of drug-likeness (QED) is 0.869. The van der Waals surface area contributed by atoms with Gasteiger partial charge in [0, 0.05) is 11.1 Å². The number of fused-ring (bicyclic) bond motifs is 5. The maximum Gasteiger partial charge on any atom is 0.160 e. The van der Waals surface area contributed by atoms with E-state index < -0.39 is 0 Å². The number of aromatic hydroxyl groups is 1. The van der Waals surface area contributed by atoms with Crippen LogP contribution in [0.15, 0.2) is 36.6 Å². The number of aryl methyl sites for hydroxylation is 1. The van der Waals surface area contributed by atoms with Crippen molar-refractivity contribution in [2.75, 3.05) is 12.5 Å². The molecule has 1 saturated carbocycles. The van der Waals surface area contributed by atoms with Gasteiger partial charge in [0.15, 0.2) is 11.5 Å². The minimum atomic E-state index is 0.171. The Kier molecular flexibility index (Phi) is 3.71. The van der Waals surface area contributed by atoms with Crippen molar-refractivity contribution in [2.45, 2.75) is 44.9 Å². The summed E-state index contributed by atoms with van der Waals surface area (Å²) in [6.07, 6.45) is 11.5. The van der Waals surface area contributed by atoms with Crippen LogP contribution in [-0.2, 0) is 6.42 Å². The Hall–Kier alpha value is -2.50. The third-order valence-corrected chi connectivity index (χ3v) is 7.27. The second-order valence-electron chi connectivity index (χ2n) is 8.43. The molecule has 6 heteroatoms. The summed E-state index contributed by atoms with van der Waals surface area (Å²) in [6.45, 7) is 2.41. The lowest BCUT2D eigenvalue weighted by Crippen LogP contribution is -2.43. The van der Waals surface area contributed by atoms with Gasteiger partial charge in [-0.2, -0.15) is 0 Å². The smallest absolute Gasteiger partial charge is 0.160 e. The monoisotopic (exact) mass is 366 g/mol. The summed E-state index contributed by atoms with van der Waals surface area (Å²) in [6, 6.07) is 4.01. The summed E-state index contributed by atoms with van der Waals surface area (Å²) in [5, 5.41) is 17.9. The number of aromatic nitrogens is 3. The van der Waals surface area contributed by atoms with E-state index in [1.807, 2.05) is 10.7 Å². The molecular weight excluding hydrogens is 340 g/mol. The van der Waals surface area contributed by atoms with Crippen molar-refractivity contribution >= 4 is 0 Å². The van der Waals surface area contributed by atoms with Crippen LogP contribution >= 0.6 is 0 Å². The zero-order valence-electron chi connectivity index (χ0n) is 15.9. The molecule has 0 bridgehead atoms. The van der Waals surface area contributed by atoms with E-state index in [1.54, 1.807) is 19.8 Å². The molecule has 1 heterocycles. The molecule has 0 radical (unpaired) electrons. The van der Waals surface area contributed by atoms with Crippen molar-refractivity contribution in [1.82, 2.24) is 14.9 Å². The lowest BCUT2D eigenvalue weighted by atomic mass is 9.55. The predicted molar refractivity (Wildman–Crippen MR) is 102 cm³/mol. The number of phenols is 1. The molecule has 3 aliphatic carbocycles. The van der Waals surface area contributed by atoms with E-state index in [0.717, 1.165) is 19.3 Å². The molecule has 4 atom stereocenters. The SMILES string of the molecule is COc1cc2c(cc1O)CCC1C2CC[C@]2(C)C(Nn3cnnc3)=CCC12. The topological polar surface area (TPSA) is 72.2 Å². The summed E-state index contributed by atoms with van der Waals surface area (Å²) >= 11 is 0. The summed E-state index contributed by atoms with van der Waals surface area (Å²) in [4.78, 5) is 0. The van der Waals surface area contributed by atoms with Gasteiger partial charge in [-0.1, -0.05) is 13.0 Å². The maximum absolute atomic E-state index is 10.2. The first-order valence-electron chi connectivity index (χ1n) is 9.82. The van der Waals surface area contributed by atoms with Crippen LogP contribution in [-0.4, -0.2) is 27.1 Å². The van der Waals surface area contributed by atoms with Gasteiger partial charge in [-0.15, -0.1) is 10.2 Å². The number of phenolic OH excluding ortho intramolecular Hbond substituents is 1. The number of rotatable bonds is 3. The summed E-state index contributed by atoms with van der Waals surface area (Å²) < 4.78 is 7.23. The van der Waals surface area contributed by atoms with Crippen LogP contribution < -0.4 is 10.2 Å². The van der Waals surface area contributed by atoms with Crippen LogP contribution in [0.4, 0.5) is 0 Å². The van der Waals surface area contributed by atoms with Gasteiger partial charge < -0.3 is 9.84 Å². The molecule has 3 aliphatic rings. The fraction of sp³-hybridized carbons (Fsp3) is 0.524. The molecule has 0 amide bonds. The summed E-state index contributed by atoms with van der Waals surface area (Å²) in [7, 11) is 1.63. The Bertz CT molecular complexity index is 892. The lowest BCUT2D eigenvalue weighted by molar-refractivity contribution is 0.0749. The molecule has 5 rings (SSSR count). The normalized spacial score (nSPS) is 31.5. The molecule has 2 N–H and O–H groups in total. The molecule has 27 heavy (non-hydrogen) atoms. The van der Waals surface area contributed by atoms with Gasteiger partial charge >= 0.3 is 0 Å². The molecule has 1 aromatic carbocycles. The molecule has 2 aromatic rings. The van der Waals surface area contributed by atoms with Crippen LogP contribution in [0, 0.1) is 17.3 Å². The van der Waals surface area contributed by atoms with Crippen LogP contribution in [0.3, 0.4) is 0 Å². The summed E-state index contributed by atoms with van der Waals surface area (Å²) in [5.74, 6) is 2.73. The lowest BCUT2D eigenvalue weighted by Gasteiger charge is -2.50. The second kappa shape index (κ2) is 6.01. The van der Waals surface area contributed by atoms with Crippen molar-refractivity contribution in [3.05, 3.63) is 47.7 Å². The van der Waals surface area contributed by atoms with Gasteiger partial charge in [0.1, 0.15) is 12.7 Å². The predicted octanol–water partition coefficient (Wildman–Crippen LogP) is 3.59. The molecule has 3 unspecified atom stereocenters. The van der Waals surface area contributed by atoms with Gasteiger partial charge in [-0.05, 0) is 73.1 Å². The first kappa shape index (κ1) is 16.7. The fourth-order valence-electron chi connectivity index (χ4n) is 5.89. The first-order chi connectivity index (χ1) is 13.1. The highest BCUT2D eigenvalue weighted by atomic mass is 16.5. The zero-order chi connectivity index (χ0) is 18.6. The number of ether oxygens (including phenoxy) is 1. The van der Waals surface area contributed by atoms with Gasteiger partial charge in [0.2, 0.25) is 0 Å². The Balaban J connectivity index is 1.44. The number of hydrogen-bond donors (Lipinski definition) is 2. The largest absolute Gasteiger partial charge is 0.504 e.